The highest BCUT2D eigenvalue weighted by Gasteiger charge is 2.07. The van der Waals surface area contributed by atoms with Crippen LogP contribution in [-0.2, 0) is 23.0 Å². The van der Waals surface area contributed by atoms with E-state index < -0.39 is 5.97 Å². The van der Waals surface area contributed by atoms with Gasteiger partial charge in [0.1, 0.15) is 5.75 Å². The Morgan fingerprint density at radius 1 is 1.35 bits per heavy atom. The number of para-hydroxylation sites is 2. The Labute approximate surface area is 117 Å². The van der Waals surface area contributed by atoms with Gasteiger partial charge in [-0.25, -0.2) is 4.79 Å². The molecule has 1 aromatic heterocycles. The lowest BCUT2D eigenvalue weighted by Gasteiger charge is -2.08. The Bertz CT molecular complexity index is 581. The van der Waals surface area contributed by atoms with Gasteiger partial charge >= 0.3 is 5.97 Å². The monoisotopic (exact) mass is 275 g/mol. The van der Waals surface area contributed by atoms with Crippen molar-refractivity contribution in [2.75, 3.05) is 18.9 Å². The van der Waals surface area contributed by atoms with Crippen LogP contribution in [0.2, 0.25) is 0 Å². The summed E-state index contributed by atoms with van der Waals surface area (Å²) in [5.41, 5.74) is 7.20. The van der Waals surface area contributed by atoms with Crippen LogP contribution < -0.4 is 10.5 Å². The average Bonchev–Trinajstić information content (AvgIpc) is 2.84. The second-order valence-corrected chi connectivity index (χ2v) is 4.24. The lowest BCUT2D eigenvalue weighted by Crippen LogP contribution is -2.17. The molecule has 106 valence electrons. The molecular formula is C14H17N3O3. The van der Waals surface area contributed by atoms with Crippen molar-refractivity contribution in [1.82, 2.24) is 9.78 Å². The highest BCUT2D eigenvalue weighted by molar-refractivity contribution is 5.71. The molecule has 6 nitrogen and oxygen atoms in total. The zero-order chi connectivity index (χ0) is 14.4. The van der Waals surface area contributed by atoms with Crippen molar-refractivity contribution in [3.8, 4) is 5.75 Å². The van der Waals surface area contributed by atoms with Gasteiger partial charge in [0.2, 0.25) is 0 Å². The summed E-state index contributed by atoms with van der Waals surface area (Å²) in [7, 11) is 1.85. The molecule has 0 unspecified atom stereocenters. The second kappa shape index (κ2) is 6.60. The quantitative estimate of drug-likeness (QED) is 0.632. The fraction of sp³-hybridized carbons (Fsp3) is 0.286. The number of carbonyl (C=O) groups is 1. The van der Waals surface area contributed by atoms with Gasteiger partial charge in [0, 0.05) is 25.4 Å². The topological polar surface area (TPSA) is 79.4 Å². The molecule has 2 rings (SSSR count). The van der Waals surface area contributed by atoms with Crippen molar-refractivity contribution in [2.45, 2.75) is 6.42 Å². The summed E-state index contributed by atoms with van der Waals surface area (Å²) in [6.45, 7) is 0.144. The van der Waals surface area contributed by atoms with Crippen molar-refractivity contribution in [2.24, 2.45) is 7.05 Å². The molecule has 0 fully saturated rings. The molecule has 0 radical (unpaired) electrons. The van der Waals surface area contributed by atoms with Gasteiger partial charge in [0.25, 0.3) is 0 Å². The van der Waals surface area contributed by atoms with Crippen LogP contribution >= 0.6 is 0 Å². The van der Waals surface area contributed by atoms with Gasteiger partial charge in [-0.2, -0.15) is 5.10 Å². The van der Waals surface area contributed by atoms with Crippen molar-refractivity contribution in [3.63, 3.8) is 0 Å². The van der Waals surface area contributed by atoms with Gasteiger partial charge in [0.05, 0.1) is 12.3 Å². The van der Waals surface area contributed by atoms with E-state index in [0.29, 0.717) is 24.5 Å². The number of anilines is 1. The van der Waals surface area contributed by atoms with E-state index in [2.05, 4.69) is 5.10 Å². The predicted molar refractivity (Wildman–Crippen MR) is 74.2 cm³/mol. The molecule has 0 saturated heterocycles. The number of hydrogen-bond donors (Lipinski definition) is 1. The third-order valence-corrected chi connectivity index (χ3v) is 2.81. The van der Waals surface area contributed by atoms with E-state index in [0.717, 1.165) is 5.69 Å². The van der Waals surface area contributed by atoms with Gasteiger partial charge in [0.15, 0.2) is 6.61 Å². The summed E-state index contributed by atoms with van der Waals surface area (Å²) in [5.74, 6) is 0.0616. The first-order chi connectivity index (χ1) is 9.66. The third kappa shape index (κ3) is 3.74. The van der Waals surface area contributed by atoms with Crippen molar-refractivity contribution in [3.05, 3.63) is 42.2 Å². The molecule has 1 aromatic carbocycles. The number of esters is 1. The number of benzene rings is 1. The van der Waals surface area contributed by atoms with E-state index in [1.807, 2.05) is 13.1 Å². The molecule has 0 aliphatic carbocycles. The standard InChI is InChI=1S/C14H17N3O3/c1-17-11(6-8-16-17)7-9-19-14(18)10-20-13-5-3-2-4-12(13)15/h2-6,8H,7,9-10,15H2,1H3. The zero-order valence-corrected chi connectivity index (χ0v) is 11.3. The predicted octanol–water partition coefficient (Wildman–Crippen LogP) is 1.17. The summed E-state index contributed by atoms with van der Waals surface area (Å²) in [6, 6.07) is 8.89. The van der Waals surface area contributed by atoms with Crippen LogP contribution in [0.1, 0.15) is 5.69 Å². The smallest absolute Gasteiger partial charge is 0.344 e. The SMILES string of the molecule is Cn1nccc1CCOC(=O)COc1ccccc1N. The molecule has 0 bridgehead atoms. The Hall–Kier alpha value is -2.50. The van der Waals surface area contributed by atoms with Gasteiger partial charge in [-0.1, -0.05) is 12.1 Å². The van der Waals surface area contributed by atoms with Crippen LogP contribution in [0.15, 0.2) is 36.5 Å². The minimum atomic E-state index is -0.421. The van der Waals surface area contributed by atoms with Crippen molar-refractivity contribution in [1.29, 1.82) is 0 Å². The fourth-order valence-corrected chi connectivity index (χ4v) is 1.71. The summed E-state index contributed by atoms with van der Waals surface area (Å²) >= 11 is 0. The molecule has 6 heteroatoms. The molecule has 2 N–H and O–H groups in total. The summed E-state index contributed by atoms with van der Waals surface area (Å²) in [5, 5.41) is 4.04. The largest absolute Gasteiger partial charge is 0.480 e. The van der Waals surface area contributed by atoms with E-state index >= 15 is 0 Å². The Kier molecular flexibility index (Phi) is 4.60. The number of hydrogen-bond acceptors (Lipinski definition) is 5. The van der Waals surface area contributed by atoms with Crippen LogP contribution in [0.3, 0.4) is 0 Å². The number of nitrogen functional groups attached to an aromatic ring is 1. The maximum Gasteiger partial charge on any atom is 0.344 e. The minimum absolute atomic E-state index is 0.153. The number of nitrogens with two attached hydrogens (primary N) is 1. The van der Waals surface area contributed by atoms with Crippen LogP contribution in [0, 0.1) is 0 Å². The Morgan fingerprint density at radius 2 is 2.15 bits per heavy atom. The van der Waals surface area contributed by atoms with Gasteiger partial charge < -0.3 is 15.2 Å². The van der Waals surface area contributed by atoms with E-state index in [4.69, 9.17) is 15.2 Å². The van der Waals surface area contributed by atoms with Gasteiger partial charge in [-0.3, -0.25) is 4.68 Å². The number of aryl methyl sites for hydroxylation is 1. The molecule has 0 saturated carbocycles. The number of rotatable bonds is 6. The molecule has 0 aliphatic rings. The highest BCUT2D eigenvalue weighted by Crippen LogP contribution is 2.19. The summed E-state index contributed by atoms with van der Waals surface area (Å²) in [6.07, 6.45) is 2.33. The van der Waals surface area contributed by atoms with Crippen LogP contribution in [0.5, 0.6) is 5.75 Å². The minimum Gasteiger partial charge on any atom is -0.480 e. The summed E-state index contributed by atoms with van der Waals surface area (Å²) < 4.78 is 12.1. The van der Waals surface area contributed by atoms with Crippen molar-refractivity contribution < 1.29 is 14.3 Å². The number of carbonyl (C=O) groups excluding carboxylic acids is 1. The highest BCUT2D eigenvalue weighted by atomic mass is 16.6. The molecule has 1 heterocycles. The van der Waals surface area contributed by atoms with Crippen molar-refractivity contribution >= 4 is 11.7 Å². The maximum atomic E-state index is 11.5. The normalized spacial score (nSPS) is 10.2. The Balaban J connectivity index is 1.71. The van der Waals surface area contributed by atoms with Gasteiger partial charge in [-0.15, -0.1) is 0 Å². The van der Waals surface area contributed by atoms with E-state index in [1.54, 1.807) is 35.1 Å². The fourth-order valence-electron chi connectivity index (χ4n) is 1.71. The number of nitrogens with zero attached hydrogens (tertiary/aromatic N) is 2. The molecular weight excluding hydrogens is 258 g/mol. The van der Waals surface area contributed by atoms with Gasteiger partial charge in [-0.05, 0) is 18.2 Å². The average molecular weight is 275 g/mol. The lowest BCUT2D eigenvalue weighted by atomic mass is 10.3. The molecule has 0 amide bonds. The molecule has 0 spiro atoms. The third-order valence-electron chi connectivity index (χ3n) is 2.81. The first-order valence-corrected chi connectivity index (χ1v) is 6.26. The molecule has 20 heavy (non-hydrogen) atoms. The summed E-state index contributed by atoms with van der Waals surface area (Å²) in [4.78, 5) is 11.5. The van der Waals surface area contributed by atoms with E-state index in [-0.39, 0.29) is 6.61 Å². The zero-order valence-electron chi connectivity index (χ0n) is 11.3. The molecule has 2 aromatic rings. The number of aromatic nitrogens is 2. The molecule has 0 atom stereocenters. The first-order valence-electron chi connectivity index (χ1n) is 6.26. The second-order valence-electron chi connectivity index (χ2n) is 4.24. The van der Waals surface area contributed by atoms with E-state index in [1.165, 1.54) is 0 Å². The lowest BCUT2D eigenvalue weighted by molar-refractivity contribution is -0.145. The van der Waals surface area contributed by atoms with Crippen LogP contribution in [0.4, 0.5) is 5.69 Å². The van der Waals surface area contributed by atoms with Crippen LogP contribution in [-0.4, -0.2) is 29.0 Å². The van der Waals surface area contributed by atoms with Crippen LogP contribution in [0.25, 0.3) is 0 Å². The maximum absolute atomic E-state index is 11.5. The number of ether oxygens (including phenoxy) is 2. The molecule has 0 aliphatic heterocycles. The first kappa shape index (κ1) is 13.9. The van der Waals surface area contributed by atoms with E-state index in [9.17, 15) is 4.79 Å². The Morgan fingerprint density at radius 3 is 2.85 bits per heavy atom.